The molecule has 9 nitrogen and oxygen atoms in total. The molecule has 4 aromatic rings. The minimum absolute atomic E-state index is 0.133. The van der Waals surface area contributed by atoms with Gasteiger partial charge in [-0.05, 0) is 13.6 Å². The van der Waals surface area contributed by atoms with Crippen LogP contribution in [0.4, 0.5) is 5.82 Å². The van der Waals surface area contributed by atoms with E-state index in [4.69, 9.17) is 4.98 Å². The molecule has 0 aromatic carbocycles. The van der Waals surface area contributed by atoms with Crippen LogP contribution < -0.4 is 9.18 Å². The molecule has 1 amide bonds. The summed E-state index contributed by atoms with van der Waals surface area (Å²) < 4.78 is 2.97. The second kappa shape index (κ2) is 10.1. The maximum absolute atomic E-state index is 12.8. The summed E-state index contributed by atoms with van der Waals surface area (Å²) in [6.45, 7) is 14.3. The van der Waals surface area contributed by atoms with Crippen LogP contribution in [-0.2, 0) is 22.2 Å². The van der Waals surface area contributed by atoms with Gasteiger partial charge in [-0.25, -0.2) is 0 Å². The number of hydrogen-bond acceptors (Lipinski definition) is 6. The predicted octanol–water partition coefficient (Wildman–Crippen LogP) is 2.87. The average molecular weight is 539 g/mol. The Morgan fingerprint density at radius 1 is 1.30 bits per heavy atom. The van der Waals surface area contributed by atoms with Gasteiger partial charge in [0, 0.05) is 0 Å². The maximum atomic E-state index is 12.8. The van der Waals surface area contributed by atoms with Gasteiger partial charge < -0.3 is 0 Å². The van der Waals surface area contributed by atoms with Crippen molar-refractivity contribution in [2.75, 3.05) is 44.7 Å². The van der Waals surface area contributed by atoms with Crippen molar-refractivity contribution in [3.8, 4) is 11.3 Å². The van der Waals surface area contributed by atoms with E-state index < -0.39 is 0 Å². The number of H-pyrrole nitrogens is 1. The molecule has 0 unspecified atom stereocenters. The van der Waals surface area contributed by atoms with Crippen molar-refractivity contribution in [2.24, 2.45) is 0 Å². The van der Waals surface area contributed by atoms with Crippen molar-refractivity contribution in [3.63, 3.8) is 0 Å². The zero-order valence-electron chi connectivity index (χ0n) is 22.5. The van der Waals surface area contributed by atoms with Crippen LogP contribution in [0.15, 0.2) is 24.7 Å². The van der Waals surface area contributed by atoms with Crippen LogP contribution in [0.3, 0.4) is 0 Å². The van der Waals surface area contributed by atoms with Gasteiger partial charge in [0.05, 0.1) is 6.54 Å². The van der Waals surface area contributed by atoms with Crippen LogP contribution in [0.1, 0.15) is 44.7 Å². The van der Waals surface area contributed by atoms with Gasteiger partial charge in [0.15, 0.2) is 0 Å². The number of nitrogens with one attached hydrogen (secondary N) is 1. The van der Waals surface area contributed by atoms with Crippen molar-refractivity contribution >= 4 is 32.7 Å². The summed E-state index contributed by atoms with van der Waals surface area (Å²) in [5.74, 6) is 1.43. The predicted molar refractivity (Wildman–Crippen MR) is 143 cm³/mol. The van der Waals surface area contributed by atoms with E-state index in [0.29, 0.717) is 13.1 Å². The van der Waals surface area contributed by atoms with Crippen molar-refractivity contribution in [1.29, 1.82) is 0 Å². The van der Waals surface area contributed by atoms with E-state index in [1.165, 1.54) is 5.56 Å². The Balaban J connectivity index is 1.48. The third-order valence-corrected chi connectivity index (χ3v) is 8.40. The number of aromatic nitrogens is 5. The number of rotatable bonds is 6. The molecule has 4 aromatic heterocycles. The van der Waals surface area contributed by atoms with Crippen molar-refractivity contribution in [1.82, 2.24) is 34.4 Å². The van der Waals surface area contributed by atoms with Crippen LogP contribution in [0.25, 0.3) is 27.9 Å². The Labute approximate surface area is 227 Å². The number of anilines is 1. The number of aromatic amines is 1. The number of nitrogens with zero attached hydrogens (tertiary/aromatic N) is 7. The number of hydrogen-bond donors (Lipinski definition) is 1. The first-order valence-electron chi connectivity index (χ1n) is 13.0. The van der Waals surface area contributed by atoms with Crippen LogP contribution in [0.5, 0.6) is 0 Å². The summed E-state index contributed by atoms with van der Waals surface area (Å²) in [5.41, 5.74) is 7.37. The molecule has 1 N–H and O–H groups in total. The molecule has 0 radical (unpaired) electrons. The average Bonchev–Trinajstić information content (AvgIpc) is 3.50. The monoisotopic (exact) mass is 538 g/mol. The number of carbonyl (C=O) groups is 1. The van der Waals surface area contributed by atoms with E-state index in [0.717, 1.165) is 63.2 Å². The summed E-state index contributed by atoms with van der Waals surface area (Å²) in [5, 5.41) is 4.39. The first-order chi connectivity index (χ1) is 17.7. The van der Waals surface area contributed by atoms with Gasteiger partial charge in [-0.15, -0.1) is 0 Å². The van der Waals surface area contributed by atoms with Gasteiger partial charge in [-0.3, -0.25) is 9.69 Å². The first kappa shape index (κ1) is 25.8. The summed E-state index contributed by atoms with van der Waals surface area (Å²) in [7, 11) is 1.99. The third kappa shape index (κ3) is 4.64. The molecule has 1 aliphatic heterocycles. The topological polar surface area (TPSA) is 85.7 Å². The van der Waals surface area contributed by atoms with E-state index in [2.05, 4.69) is 89.0 Å². The van der Waals surface area contributed by atoms with Gasteiger partial charge in [0.1, 0.15) is 0 Å². The van der Waals surface area contributed by atoms with Crippen molar-refractivity contribution < 1.29 is 22.2 Å². The Morgan fingerprint density at radius 2 is 2.08 bits per heavy atom. The quantitative estimate of drug-likeness (QED) is 0.407. The number of aryl methyl sites for hydroxylation is 1. The molecule has 194 valence electrons. The fraction of sp³-hybridized carbons (Fsp3) is 0.481. The molecule has 1 aliphatic rings. The minimum atomic E-state index is 0.133. The second-order valence-electron chi connectivity index (χ2n) is 10.4. The summed E-state index contributed by atoms with van der Waals surface area (Å²) >= 11 is 2.70. The van der Waals surface area contributed by atoms with Crippen LogP contribution in [0, 0.1) is 6.92 Å². The SMILES string of the molecule is CCN(C)CC(=O)N1CCN(c2ccc3[nH]c(-c4cn5ncnc5c(C)[c]4[V])c(C(C)C)c3n2)C[C@H]1C. The second-order valence-corrected chi connectivity index (χ2v) is 11.1. The van der Waals surface area contributed by atoms with Gasteiger partial charge in [0.25, 0.3) is 0 Å². The molecule has 1 saturated heterocycles. The van der Waals surface area contributed by atoms with Gasteiger partial charge in [0.2, 0.25) is 0 Å². The zero-order chi connectivity index (χ0) is 26.4. The van der Waals surface area contributed by atoms with Gasteiger partial charge in [-0.2, -0.15) is 0 Å². The van der Waals surface area contributed by atoms with Crippen LogP contribution in [0.2, 0.25) is 0 Å². The number of fused-ring (bicyclic) bond motifs is 2. The third-order valence-electron chi connectivity index (χ3n) is 7.50. The number of amides is 1. The molecular formula is C27H35N8OV. The summed E-state index contributed by atoms with van der Waals surface area (Å²) in [6, 6.07) is 4.36. The molecule has 5 heterocycles. The normalized spacial score (nSPS) is 16.6. The molecule has 1 atom stereocenters. The fourth-order valence-electron chi connectivity index (χ4n) is 5.28. The Morgan fingerprint density at radius 3 is 2.78 bits per heavy atom. The Kier molecular flexibility index (Phi) is 7.04. The van der Waals surface area contributed by atoms with Crippen LogP contribution >= 0.6 is 0 Å². The standard InChI is InChI=1S/C27H35N8O.V/c1-7-32(6)15-23(36)34-11-10-33(13-19(34)5)22-9-8-21-26(31-22)24(17(2)3)25(30-21)20-12-18(4)27-28-16-29-35(27)14-20;/h8-9,14,16-17,19,30H,7,10-11,13,15H2,1-6H3;/t19-;/m1./s1. The van der Waals surface area contributed by atoms with Crippen molar-refractivity contribution in [2.45, 2.75) is 46.6 Å². The molecule has 5 rings (SSSR count). The molecule has 1 fully saturated rings. The van der Waals surface area contributed by atoms with Gasteiger partial charge >= 0.3 is 191 Å². The zero-order valence-corrected chi connectivity index (χ0v) is 23.9. The number of pyridine rings is 2. The number of carbonyl (C=O) groups excluding carboxylic acids is 1. The summed E-state index contributed by atoms with van der Waals surface area (Å²) in [4.78, 5) is 32.4. The molecule has 0 saturated carbocycles. The van der Waals surface area contributed by atoms with E-state index in [1.807, 2.05) is 22.7 Å². The molecule has 10 heteroatoms. The van der Waals surface area contributed by atoms with E-state index in [1.54, 1.807) is 6.33 Å². The van der Waals surface area contributed by atoms with Crippen molar-refractivity contribution in [3.05, 3.63) is 35.8 Å². The summed E-state index contributed by atoms with van der Waals surface area (Å²) in [6.07, 6.45) is 3.64. The molecule has 0 aliphatic carbocycles. The fourth-order valence-corrected chi connectivity index (χ4v) is 5.70. The van der Waals surface area contributed by atoms with E-state index >= 15 is 0 Å². The molecule has 37 heavy (non-hydrogen) atoms. The van der Waals surface area contributed by atoms with E-state index in [9.17, 15) is 4.79 Å². The van der Waals surface area contributed by atoms with Crippen LogP contribution in [-0.4, -0.2) is 86.1 Å². The Bertz CT molecular complexity index is 1460. The number of piperazine rings is 1. The molecule has 0 bridgehead atoms. The number of likely N-dealkylation sites (N-methyl/N-ethyl adjacent to an activating group) is 1. The molecule has 0 spiro atoms. The van der Waals surface area contributed by atoms with E-state index in [-0.39, 0.29) is 17.9 Å². The Hall–Kier alpha value is -2.88. The van der Waals surface area contributed by atoms with Gasteiger partial charge in [-0.1, -0.05) is 6.92 Å². The first-order valence-corrected chi connectivity index (χ1v) is 13.7. The molecular weight excluding hydrogens is 503 g/mol.